The Bertz CT molecular complexity index is 1150. The van der Waals surface area contributed by atoms with Crippen molar-refractivity contribution in [2.45, 2.75) is 96.7 Å². The van der Waals surface area contributed by atoms with Crippen LogP contribution >= 0.6 is 12.2 Å². The van der Waals surface area contributed by atoms with Crippen molar-refractivity contribution in [2.75, 3.05) is 25.0 Å². The van der Waals surface area contributed by atoms with Crippen LogP contribution in [-0.4, -0.2) is 78.3 Å². The Morgan fingerprint density at radius 3 is 1.50 bits per heavy atom. The molecule has 0 bridgehead atoms. The van der Waals surface area contributed by atoms with E-state index in [4.69, 9.17) is 18.0 Å². The van der Waals surface area contributed by atoms with Gasteiger partial charge in [-0.05, 0) is 82.1 Å². The van der Waals surface area contributed by atoms with Crippen LogP contribution in [0.5, 0.6) is 0 Å². The van der Waals surface area contributed by atoms with Gasteiger partial charge >= 0.3 is 0 Å². The number of hydrogen-bond donors (Lipinski definition) is 8. The lowest BCUT2D eigenvalue weighted by Gasteiger charge is -2.25. The second kappa shape index (κ2) is 23.1. The minimum absolute atomic E-state index is 0.156. The first-order valence-electron chi connectivity index (χ1n) is 15.6. The van der Waals surface area contributed by atoms with Gasteiger partial charge in [-0.3, -0.25) is 28.8 Å². The Morgan fingerprint density at radius 1 is 0.609 bits per heavy atom. The van der Waals surface area contributed by atoms with Gasteiger partial charge in [0.15, 0.2) is 5.11 Å². The van der Waals surface area contributed by atoms with Gasteiger partial charge in [-0.1, -0.05) is 18.2 Å². The van der Waals surface area contributed by atoms with Crippen LogP contribution in [0.25, 0.3) is 0 Å². The minimum Gasteiger partial charge on any atom is -0.368 e. The largest absolute Gasteiger partial charge is 0.368 e. The molecule has 1 aromatic rings. The summed E-state index contributed by atoms with van der Waals surface area (Å²) >= 11 is 5.34. The summed E-state index contributed by atoms with van der Waals surface area (Å²) in [5.74, 6) is -2.53. The number of carbonyl (C=O) groups excluding carboxylic acids is 6. The third-order valence-corrected chi connectivity index (χ3v) is 7.06. The van der Waals surface area contributed by atoms with Crippen LogP contribution in [0.15, 0.2) is 30.3 Å². The first kappa shape index (κ1) is 39.8. The van der Waals surface area contributed by atoms with E-state index in [2.05, 4.69) is 37.2 Å². The van der Waals surface area contributed by atoms with E-state index in [1.165, 1.54) is 20.8 Å². The van der Waals surface area contributed by atoms with E-state index >= 15 is 0 Å². The fourth-order valence-corrected chi connectivity index (χ4v) is 4.68. The normalized spacial score (nSPS) is 12.4. The Morgan fingerprint density at radius 2 is 1.04 bits per heavy atom. The van der Waals surface area contributed by atoms with Gasteiger partial charge in [-0.15, -0.1) is 0 Å². The number of hydrogen-bond acceptors (Lipinski definition) is 7. The molecule has 0 aliphatic rings. The summed E-state index contributed by atoms with van der Waals surface area (Å²) in [5, 5.41) is 20.1. The minimum atomic E-state index is -1.00. The number of thiocarbonyl (C=S) groups is 1. The predicted molar refractivity (Wildman–Crippen MR) is 180 cm³/mol. The molecule has 0 radical (unpaired) electrons. The molecule has 15 heteroatoms. The van der Waals surface area contributed by atoms with Crippen molar-refractivity contribution in [3.05, 3.63) is 30.3 Å². The fraction of sp³-hybridized carbons (Fsp3) is 0.581. The second-order valence-corrected chi connectivity index (χ2v) is 11.4. The Labute approximate surface area is 276 Å². The number of primary amides is 1. The van der Waals surface area contributed by atoms with Gasteiger partial charge in [0.2, 0.25) is 35.4 Å². The lowest BCUT2D eigenvalue weighted by molar-refractivity contribution is -0.133. The molecule has 3 atom stereocenters. The van der Waals surface area contributed by atoms with E-state index in [-0.39, 0.29) is 24.7 Å². The quantitative estimate of drug-likeness (QED) is 0.0648. The van der Waals surface area contributed by atoms with Crippen molar-refractivity contribution in [2.24, 2.45) is 5.73 Å². The number of unbranched alkanes of at least 4 members (excludes halogenated alkanes) is 3. The van der Waals surface area contributed by atoms with Crippen molar-refractivity contribution in [1.82, 2.24) is 31.9 Å². The van der Waals surface area contributed by atoms with Crippen LogP contribution in [0.2, 0.25) is 0 Å². The number of rotatable bonds is 22. The fourth-order valence-electron chi connectivity index (χ4n) is 4.46. The Balaban J connectivity index is 2.84. The monoisotopic (exact) mass is 662 g/mol. The molecule has 0 aromatic heterocycles. The van der Waals surface area contributed by atoms with Gasteiger partial charge in [0.05, 0.1) is 0 Å². The van der Waals surface area contributed by atoms with Crippen molar-refractivity contribution >= 4 is 58.5 Å². The molecule has 1 rings (SSSR count). The summed E-state index contributed by atoms with van der Waals surface area (Å²) in [6.45, 7) is 5.51. The van der Waals surface area contributed by atoms with Crippen LogP contribution in [0.3, 0.4) is 0 Å². The maximum atomic E-state index is 13.4. The zero-order valence-corrected chi connectivity index (χ0v) is 27.9. The van der Waals surface area contributed by atoms with Gasteiger partial charge in [0.25, 0.3) is 0 Å². The lowest BCUT2D eigenvalue weighted by Crippen LogP contribution is -2.56. The molecule has 14 nitrogen and oxygen atoms in total. The number of para-hydroxylation sites is 1. The van der Waals surface area contributed by atoms with E-state index in [0.29, 0.717) is 69.7 Å². The molecule has 0 aliphatic carbocycles. The van der Waals surface area contributed by atoms with Crippen molar-refractivity contribution in [3.8, 4) is 0 Å². The highest BCUT2D eigenvalue weighted by Gasteiger charge is 2.28. The zero-order chi connectivity index (χ0) is 34.3. The topological polar surface area (TPSA) is 213 Å². The predicted octanol–water partition coefficient (Wildman–Crippen LogP) is 0.716. The highest BCUT2D eigenvalue weighted by atomic mass is 32.1. The molecule has 0 saturated carbocycles. The van der Waals surface area contributed by atoms with Gasteiger partial charge in [0.1, 0.15) is 18.1 Å². The molecule has 0 heterocycles. The van der Waals surface area contributed by atoms with Crippen molar-refractivity contribution in [1.29, 1.82) is 0 Å². The first-order chi connectivity index (χ1) is 21.9. The summed E-state index contributed by atoms with van der Waals surface area (Å²) in [5.41, 5.74) is 6.41. The highest BCUT2D eigenvalue weighted by Crippen LogP contribution is 2.08. The number of nitrogens with one attached hydrogen (secondary N) is 7. The summed E-state index contributed by atoms with van der Waals surface area (Å²) in [6, 6.07) is 6.60. The number of benzene rings is 1. The number of carbonyl (C=O) groups is 6. The standard InChI is InChI=1S/C31H50N8O6S/c1-21(40)33-18-10-7-15-25(28(32)43)38-30(45)27(17-9-12-20-35-31(46)37-24-13-5-4-6-14-24)39-29(44)26(36-23(3)42)16-8-11-19-34-22(2)41/h4-6,13-14,25-27H,7-12,15-20H2,1-3H3,(H2,32,43)(H,33,40)(H,34,41)(H,36,42)(H,38,45)(H,39,44)(H2,35,37,46)/t25-,26-,27-/m0/s1. The Kier molecular flexibility index (Phi) is 20.0. The van der Waals surface area contributed by atoms with E-state index in [0.717, 1.165) is 5.69 Å². The highest BCUT2D eigenvalue weighted by molar-refractivity contribution is 7.80. The molecule has 0 aliphatic heterocycles. The first-order valence-corrected chi connectivity index (χ1v) is 16.1. The maximum absolute atomic E-state index is 13.4. The number of anilines is 1. The molecular formula is C31H50N8O6S. The van der Waals surface area contributed by atoms with Crippen molar-refractivity contribution < 1.29 is 28.8 Å². The summed E-state index contributed by atoms with van der Waals surface area (Å²) in [4.78, 5) is 72.9. The molecule has 9 N–H and O–H groups in total. The van der Waals surface area contributed by atoms with E-state index in [1.807, 2.05) is 30.3 Å². The molecule has 1 aromatic carbocycles. The van der Waals surface area contributed by atoms with Gasteiger partial charge in [-0.25, -0.2) is 0 Å². The van der Waals surface area contributed by atoms with Crippen LogP contribution < -0.4 is 43.0 Å². The van der Waals surface area contributed by atoms with Gasteiger partial charge < -0.3 is 43.0 Å². The van der Waals surface area contributed by atoms with E-state index in [9.17, 15) is 28.8 Å². The maximum Gasteiger partial charge on any atom is 0.243 e. The molecule has 46 heavy (non-hydrogen) atoms. The van der Waals surface area contributed by atoms with Crippen LogP contribution in [0.4, 0.5) is 5.69 Å². The molecule has 256 valence electrons. The molecule has 0 fully saturated rings. The summed E-state index contributed by atoms with van der Waals surface area (Å²) < 4.78 is 0. The van der Waals surface area contributed by atoms with Crippen LogP contribution in [0, 0.1) is 0 Å². The second-order valence-electron chi connectivity index (χ2n) is 11.0. The van der Waals surface area contributed by atoms with E-state index < -0.39 is 41.8 Å². The SMILES string of the molecule is CC(=O)NCCCC[C@H](NC(=O)[C@H](CCCCNC(=S)Nc1ccccc1)NC(=O)[C@H](CCCCNC(C)=O)NC(C)=O)C(N)=O. The lowest BCUT2D eigenvalue weighted by atomic mass is 10.0. The summed E-state index contributed by atoms with van der Waals surface area (Å²) in [7, 11) is 0. The molecular weight excluding hydrogens is 612 g/mol. The average molecular weight is 663 g/mol. The van der Waals surface area contributed by atoms with Crippen molar-refractivity contribution in [3.63, 3.8) is 0 Å². The molecule has 0 saturated heterocycles. The summed E-state index contributed by atoms with van der Waals surface area (Å²) in [6.07, 6.45) is 4.22. The smallest absolute Gasteiger partial charge is 0.243 e. The van der Waals surface area contributed by atoms with Crippen LogP contribution in [0.1, 0.15) is 78.6 Å². The van der Waals surface area contributed by atoms with Gasteiger partial charge in [-0.2, -0.15) is 0 Å². The third-order valence-electron chi connectivity index (χ3n) is 6.81. The number of nitrogens with two attached hydrogens (primary N) is 1. The molecule has 0 unspecified atom stereocenters. The zero-order valence-electron chi connectivity index (χ0n) is 27.0. The average Bonchev–Trinajstić information content (AvgIpc) is 2.98. The third kappa shape index (κ3) is 19.2. The molecule has 6 amide bonds. The molecule has 0 spiro atoms. The van der Waals surface area contributed by atoms with Crippen LogP contribution in [-0.2, 0) is 28.8 Å². The van der Waals surface area contributed by atoms with E-state index in [1.54, 1.807) is 0 Å². The Hall–Kier alpha value is -4.27. The van der Waals surface area contributed by atoms with Gasteiger partial charge in [0, 0.05) is 46.1 Å². The number of amides is 6.